The van der Waals surface area contributed by atoms with Gasteiger partial charge in [-0.2, -0.15) is 5.10 Å². The van der Waals surface area contributed by atoms with E-state index >= 15 is 0 Å². The third kappa shape index (κ3) is 9.74. The second-order valence-electron chi connectivity index (χ2n) is 18.4. The predicted molar refractivity (Wildman–Crippen MR) is 254 cm³/mol. The second kappa shape index (κ2) is 18.7. The van der Waals surface area contributed by atoms with Gasteiger partial charge in [0, 0.05) is 108 Å². The molecule has 4 aliphatic rings. The first kappa shape index (κ1) is 42.7. The fourth-order valence-electron chi connectivity index (χ4n) is 9.68. The van der Waals surface area contributed by atoms with Crippen LogP contribution in [-0.4, -0.2) is 100 Å². The molecule has 336 valence electrons. The zero-order valence-electron chi connectivity index (χ0n) is 37.8. The largest absolute Gasteiger partial charge is 0.508 e. The van der Waals surface area contributed by atoms with Gasteiger partial charge in [0.05, 0.1) is 29.3 Å². The maximum absolute atomic E-state index is 10.8. The van der Waals surface area contributed by atoms with Crippen molar-refractivity contribution in [2.45, 2.75) is 78.4 Å². The summed E-state index contributed by atoms with van der Waals surface area (Å²) in [7, 11) is 0. The normalized spacial score (nSPS) is 17.2. The number of benzene rings is 4. The number of phenolic OH excluding ortho intramolecular Hbond substituents is 2. The van der Waals surface area contributed by atoms with E-state index in [4.69, 9.17) is 9.84 Å². The average molecular weight is 873 g/mol. The van der Waals surface area contributed by atoms with Crippen molar-refractivity contribution < 1.29 is 14.9 Å². The standard InChI is InChI=1S/C52H60N10O3/c1-36(2)47-26-48(51(64)27-50(47)63)37(3)60-33-42-10-9-40(25-43(42)34-60)32-59-21-19-58(20-22-59)31-39-7-5-38(6-8-39)30-57-17-4-18-61-35-44(28-54-61)55-52-53-29-45-13-16-49(62(45)56-52)41-11-14-46(15-12-41)65-24-23-57/h5-16,25-29,35-37,63-64H,4,17-24,30-34H2,1-3H3,(H,55,56). The maximum atomic E-state index is 10.8. The van der Waals surface area contributed by atoms with Gasteiger partial charge in [0.2, 0.25) is 5.95 Å². The summed E-state index contributed by atoms with van der Waals surface area (Å²) in [4.78, 5) is 14.6. The first-order chi connectivity index (χ1) is 31.7. The highest BCUT2D eigenvalue weighted by Crippen LogP contribution is 2.40. The van der Waals surface area contributed by atoms with Crippen molar-refractivity contribution in [1.29, 1.82) is 0 Å². The third-order valence-corrected chi connectivity index (χ3v) is 13.5. The summed E-state index contributed by atoms with van der Waals surface area (Å²) >= 11 is 0. The minimum atomic E-state index is 0.0330. The van der Waals surface area contributed by atoms with Crippen LogP contribution < -0.4 is 10.1 Å². The summed E-state index contributed by atoms with van der Waals surface area (Å²) in [5.41, 5.74) is 12.3. The van der Waals surface area contributed by atoms with E-state index in [-0.39, 0.29) is 23.5 Å². The van der Waals surface area contributed by atoms with Crippen molar-refractivity contribution in [2.75, 3.05) is 51.2 Å². The lowest BCUT2D eigenvalue weighted by molar-refractivity contribution is 0.122. The Morgan fingerprint density at radius 1 is 0.662 bits per heavy atom. The molecule has 1 saturated heterocycles. The lowest BCUT2D eigenvalue weighted by Gasteiger charge is -2.34. The van der Waals surface area contributed by atoms with Gasteiger partial charge in [-0.15, -0.1) is 5.10 Å². The number of nitrogens with one attached hydrogen (secondary N) is 1. The Balaban J connectivity index is 0.715. The lowest BCUT2D eigenvalue weighted by atomic mass is 9.95. The summed E-state index contributed by atoms with van der Waals surface area (Å²) in [5.74, 6) is 1.88. The molecular weight excluding hydrogens is 813 g/mol. The number of anilines is 2. The molecule has 4 aliphatic heterocycles. The summed E-state index contributed by atoms with van der Waals surface area (Å²) in [6, 6.07) is 32.1. The molecule has 1 fully saturated rings. The van der Waals surface area contributed by atoms with Crippen molar-refractivity contribution in [3.8, 4) is 28.5 Å². The van der Waals surface area contributed by atoms with E-state index in [0.717, 1.165) is 124 Å². The number of nitrogens with zero attached hydrogens (tertiary/aromatic N) is 9. The van der Waals surface area contributed by atoms with E-state index < -0.39 is 0 Å². The van der Waals surface area contributed by atoms with Crippen LogP contribution in [-0.2, 0) is 39.3 Å². The molecule has 3 aromatic heterocycles. The summed E-state index contributed by atoms with van der Waals surface area (Å²) in [5, 5.41) is 33.9. The zero-order valence-corrected chi connectivity index (χ0v) is 37.8. The van der Waals surface area contributed by atoms with Gasteiger partial charge in [-0.25, -0.2) is 9.50 Å². The highest BCUT2D eigenvalue weighted by Gasteiger charge is 2.28. The van der Waals surface area contributed by atoms with Gasteiger partial charge in [0.15, 0.2) is 0 Å². The van der Waals surface area contributed by atoms with Crippen LogP contribution in [0.5, 0.6) is 17.2 Å². The number of aromatic nitrogens is 5. The van der Waals surface area contributed by atoms with Gasteiger partial charge in [-0.05, 0) is 95.1 Å². The molecule has 65 heavy (non-hydrogen) atoms. The topological polar surface area (TPSA) is 123 Å². The van der Waals surface area contributed by atoms with E-state index in [2.05, 4.69) is 116 Å². The Morgan fingerprint density at radius 2 is 1.34 bits per heavy atom. The molecule has 0 saturated carbocycles. The molecule has 7 aromatic rings. The van der Waals surface area contributed by atoms with Gasteiger partial charge in [-0.3, -0.25) is 24.3 Å². The second-order valence-corrected chi connectivity index (χ2v) is 18.4. The fourth-order valence-corrected chi connectivity index (χ4v) is 9.68. The van der Waals surface area contributed by atoms with Crippen LogP contribution in [0.1, 0.15) is 78.1 Å². The SMILES string of the molecule is CC(C)c1cc(C(C)N2Cc3ccc(CN4CCN(Cc5ccc(CN6CCCn7cc(cn7)Nc7ncc8ccc(n8n7)-c7ccc(cc7)OCC6)cc5)CC4)cc3C2)c(O)cc1O. The molecule has 0 spiro atoms. The molecule has 3 N–H and O–H groups in total. The van der Waals surface area contributed by atoms with Gasteiger partial charge in [0.25, 0.3) is 0 Å². The minimum Gasteiger partial charge on any atom is -0.508 e. The van der Waals surface area contributed by atoms with Crippen LogP contribution in [0.4, 0.5) is 11.6 Å². The number of rotatable bonds is 9. The Labute approximate surface area is 381 Å². The van der Waals surface area contributed by atoms with Gasteiger partial charge in [-0.1, -0.05) is 56.3 Å². The number of aryl methyl sites for hydroxylation is 1. The summed E-state index contributed by atoms with van der Waals surface area (Å²) < 4.78 is 10.2. The quantitative estimate of drug-likeness (QED) is 0.129. The molecular formula is C52H60N10O3. The molecule has 6 bridgehead atoms. The van der Waals surface area contributed by atoms with E-state index in [9.17, 15) is 10.2 Å². The molecule has 11 rings (SSSR count). The van der Waals surface area contributed by atoms with Crippen LogP contribution in [0.2, 0.25) is 0 Å². The smallest absolute Gasteiger partial charge is 0.245 e. The van der Waals surface area contributed by atoms with E-state index in [1.54, 1.807) is 0 Å². The van der Waals surface area contributed by atoms with Crippen LogP contribution in [0.3, 0.4) is 0 Å². The van der Waals surface area contributed by atoms with Gasteiger partial charge >= 0.3 is 0 Å². The van der Waals surface area contributed by atoms with Gasteiger partial charge < -0.3 is 20.3 Å². The fraction of sp³-hybridized carbons (Fsp3) is 0.365. The molecule has 13 heteroatoms. The highest BCUT2D eigenvalue weighted by molar-refractivity contribution is 5.67. The molecule has 13 nitrogen and oxygen atoms in total. The molecule has 1 atom stereocenters. The van der Waals surface area contributed by atoms with Crippen LogP contribution in [0.25, 0.3) is 16.8 Å². The molecule has 0 aliphatic carbocycles. The van der Waals surface area contributed by atoms with Crippen molar-refractivity contribution in [1.82, 2.24) is 44.0 Å². The maximum Gasteiger partial charge on any atom is 0.245 e. The number of phenols is 2. The molecule has 7 heterocycles. The van der Waals surface area contributed by atoms with Crippen molar-refractivity contribution in [3.05, 3.63) is 149 Å². The monoisotopic (exact) mass is 872 g/mol. The van der Waals surface area contributed by atoms with Crippen LogP contribution in [0, 0.1) is 0 Å². The number of hydrogen-bond donors (Lipinski definition) is 3. The minimum absolute atomic E-state index is 0.0330. The van der Waals surface area contributed by atoms with Gasteiger partial charge in [0.1, 0.15) is 23.9 Å². The van der Waals surface area contributed by atoms with E-state index in [1.807, 2.05) is 52.1 Å². The summed E-state index contributed by atoms with van der Waals surface area (Å²) in [6.45, 7) is 18.1. The van der Waals surface area contributed by atoms with E-state index in [1.165, 1.54) is 33.9 Å². The van der Waals surface area contributed by atoms with Crippen molar-refractivity contribution >= 4 is 17.2 Å². The molecule has 0 radical (unpaired) electrons. The number of aromatic hydroxyl groups is 2. The Hall–Kier alpha value is -6.25. The molecule has 1 unspecified atom stereocenters. The van der Waals surface area contributed by atoms with Crippen molar-refractivity contribution in [2.24, 2.45) is 0 Å². The number of fused-ring (bicyclic) bond motifs is 9. The zero-order chi connectivity index (χ0) is 44.4. The molecule has 0 amide bonds. The molecule has 4 aromatic carbocycles. The average Bonchev–Trinajstić information content (AvgIpc) is 4.06. The Bertz CT molecular complexity index is 2740. The number of piperazine rings is 1. The summed E-state index contributed by atoms with van der Waals surface area (Å²) in [6.07, 6.45) is 6.63. The first-order valence-corrected chi connectivity index (χ1v) is 23.2. The predicted octanol–water partition coefficient (Wildman–Crippen LogP) is 8.55. The third-order valence-electron chi connectivity index (χ3n) is 13.5. The van der Waals surface area contributed by atoms with Crippen molar-refractivity contribution in [3.63, 3.8) is 0 Å². The number of hydrogen-bond acceptors (Lipinski definition) is 11. The number of ether oxygens (including phenoxy) is 1. The van der Waals surface area contributed by atoms with Crippen LogP contribution >= 0.6 is 0 Å². The Morgan fingerprint density at radius 3 is 2.08 bits per heavy atom. The van der Waals surface area contributed by atoms with Crippen LogP contribution in [0.15, 0.2) is 110 Å². The van der Waals surface area contributed by atoms with E-state index in [0.29, 0.717) is 12.6 Å². The lowest BCUT2D eigenvalue weighted by Crippen LogP contribution is -2.45. The highest BCUT2D eigenvalue weighted by atomic mass is 16.5. The Kier molecular flexibility index (Phi) is 12.3. The first-order valence-electron chi connectivity index (χ1n) is 23.2.